The molecular weight excluding hydrogens is 217 g/mol. The van der Waals surface area contributed by atoms with Crippen molar-refractivity contribution >= 4 is 11.8 Å². The summed E-state index contributed by atoms with van der Waals surface area (Å²) in [7, 11) is 0. The Morgan fingerprint density at radius 3 is 2.79 bits per heavy atom. The molecule has 2 N–H and O–H groups in total. The maximum absolute atomic E-state index is 11.8. The van der Waals surface area contributed by atoms with Gasteiger partial charge in [0.05, 0.1) is 13.1 Å². The number of alkyl halides is 3. The maximum atomic E-state index is 11.8. The number of thioether (sulfide) groups is 1. The Kier molecular flexibility index (Phi) is 3.76. The molecule has 0 saturated heterocycles. The Labute approximate surface area is 82.7 Å². The quantitative estimate of drug-likeness (QED) is 0.831. The molecule has 0 bridgehead atoms. The third-order valence-electron chi connectivity index (χ3n) is 1.45. The number of halogens is 3. The lowest BCUT2D eigenvalue weighted by Crippen LogP contribution is -2.13. The number of rotatable bonds is 4. The molecule has 80 valence electrons. The monoisotopic (exact) mass is 226 g/mol. The first-order valence-electron chi connectivity index (χ1n) is 3.80. The van der Waals surface area contributed by atoms with Crippen LogP contribution in [-0.2, 0) is 13.1 Å². The summed E-state index contributed by atoms with van der Waals surface area (Å²) in [6.07, 6.45) is 1.28. The smallest absolute Gasteiger partial charge is 0.324 e. The van der Waals surface area contributed by atoms with Crippen LogP contribution in [0.3, 0.4) is 0 Å². The van der Waals surface area contributed by atoms with E-state index in [-0.39, 0.29) is 30.6 Å². The van der Waals surface area contributed by atoms with Crippen molar-refractivity contribution in [2.45, 2.75) is 18.6 Å². The molecule has 0 atom stereocenters. The molecule has 0 aliphatic rings. The molecule has 1 rings (SSSR count). The molecule has 8 heteroatoms. The maximum Gasteiger partial charge on any atom is 0.441 e. The third-order valence-corrected chi connectivity index (χ3v) is 2.16. The van der Waals surface area contributed by atoms with Crippen LogP contribution in [0.2, 0.25) is 0 Å². The van der Waals surface area contributed by atoms with Gasteiger partial charge in [-0.05, 0) is 11.8 Å². The fraction of sp³-hybridized carbons (Fsp3) is 0.667. The number of aromatic nitrogens is 3. The van der Waals surface area contributed by atoms with E-state index in [9.17, 15) is 13.2 Å². The lowest BCUT2D eigenvalue weighted by atomic mass is 10.6. The summed E-state index contributed by atoms with van der Waals surface area (Å²) in [6.45, 7) is 0.341. The fourth-order valence-corrected chi connectivity index (χ4v) is 1.38. The highest BCUT2D eigenvalue weighted by Crippen LogP contribution is 2.29. The largest absolute Gasteiger partial charge is 0.441 e. The Morgan fingerprint density at radius 2 is 2.21 bits per heavy atom. The van der Waals surface area contributed by atoms with Crippen molar-refractivity contribution in [2.24, 2.45) is 5.73 Å². The molecular formula is C6H9F3N4S. The van der Waals surface area contributed by atoms with Crippen molar-refractivity contribution in [1.82, 2.24) is 14.8 Å². The van der Waals surface area contributed by atoms with Gasteiger partial charge in [0.25, 0.3) is 0 Å². The van der Waals surface area contributed by atoms with Gasteiger partial charge in [0.2, 0.25) is 0 Å². The van der Waals surface area contributed by atoms with Crippen LogP contribution in [-0.4, -0.2) is 26.0 Å². The summed E-state index contributed by atoms with van der Waals surface area (Å²) >= 11 is -0.0784. The van der Waals surface area contributed by atoms with E-state index in [2.05, 4.69) is 10.1 Å². The van der Waals surface area contributed by atoms with Crippen molar-refractivity contribution < 1.29 is 13.2 Å². The second kappa shape index (κ2) is 4.65. The molecule has 1 heterocycles. The van der Waals surface area contributed by atoms with Crippen LogP contribution in [0, 0.1) is 0 Å². The van der Waals surface area contributed by atoms with Crippen LogP contribution in [0.4, 0.5) is 13.2 Å². The summed E-state index contributed by atoms with van der Waals surface area (Å²) < 4.78 is 36.7. The lowest BCUT2D eigenvalue weighted by molar-refractivity contribution is -0.0328. The lowest BCUT2D eigenvalue weighted by Gasteiger charge is -2.06. The van der Waals surface area contributed by atoms with Gasteiger partial charge in [0, 0.05) is 5.75 Å². The second-order valence-electron chi connectivity index (χ2n) is 2.40. The van der Waals surface area contributed by atoms with E-state index in [1.165, 1.54) is 11.0 Å². The normalized spacial score (nSPS) is 12.0. The summed E-state index contributed by atoms with van der Waals surface area (Å²) in [6, 6.07) is 0. The van der Waals surface area contributed by atoms with Crippen LogP contribution in [0.25, 0.3) is 0 Å². The van der Waals surface area contributed by atoms with E-state index in [0.29, 0.717) is 5.82 Å². The molecule has 0 spiro atoms. The minimum Gasteiger partial charge on any atom is -0.324 e. The Hall–Kier alpha value is -0.760. The van der Waals surface area contributed by atoms with Crippen LogP contribution in [0.5, 0.6) is 0 Å². The van der Waals surface area contributed by atoms with Crippen LogP contribution < -0.4 is 5.73 Å². The summed E-state index contributed by atoms with van der Waals surface area (Å²) in [5.74, 6) is 0.410. The number of hydrogen-bond donors (Lipinski definition) is 1. The van der Waals surface area contributed by atoms with Gasteiger partial charge in [-0.25, -0.2) is 9.67 Å². The van der Waals surface area contributed by atoms with E-state index < -0.39 is 5.51 Å². The van der Waals surface area contributed by atoms with Crippen molar-refractivity contribution in [3.05, 3.63) is 12.2 Å². The average Bonchev–Trinajstić information content (AvgIpc) is 2.49. The highest BCUT2D eigenvalue weighted by molar-refractivity contribution is 8.00. The first-order chi connectivity index (χ1) is 6.53. The van der Waals surface area contributed by atoms with Gasteiger partial charge in [-0.3, -0.25) is 0 Å². The molecule has 0 fully saturated rings. The topological polar surface area (TPSA) is 56.7 Å². The van der Waals surface area contributed by atoms with Gasteiger partial charge in [-0.2, -0.15) is 18.3 Å². The molecule has 4 nitrogen and oxygen atoms in total. The van der Waals surface area contributed by atoms with E-state index in [1.54, 1.807) is 0 Å². The number of nitrogens with zero attached hydrogens (tertiary/aromatic N) is 3. The zero-order chi connectivity index (χ0) is 10.6. The van der Waals surface area contributed by atoms with Crippen LogP contribution in [0.1, 0.15) is 5.82 Å². The minimum absolute atomic E-state index is 0.0784. The second-order valence-corrected chi connectivity index (χ2v) is 3.56. The molecule has 0 radical (unpaired) electrons. The van der Waals surface area contributed by atoms with E-state index in [1.807, 2.05) is 0 Å². The number of aryl methyl sites for hydroxylation is 1. The first-order valence-corrected chi connectivity index (χ1v) is 4.79. The summed E-state index contributed by atoms with van der Waals surface area (Å²) in [4.78, 5) is 3.79. The van der Waals surface area contributed by atoms with Crippen molar-refractivity contribution in [2.75, 3.05) is 5.75 Å². The van der Waals surface area contributed by atoms with Gasteiger partial charge >= 0.3 is 5.51 Å². The van der Waals surface area contributed by atoms with E-state index in [4.69, 9.17) is 5.73 Å². The fourth-order valence-electron chi connectivity index (χ4n) is 0.881. The van der Waals surface area contributed by atoms with Crippen LogP contribution >= 0.6 is 11.8 Å². The molecule has 1 aromatic heterocycles. The Bertz CT molecular complexity index is 285. The molecule has 14 heavy (non-hydrogen) atoms. The molecule has 0 aliphatic carbocycles. The molecule has 0 unspecified atom stereocenters. The predicted molar refractivity (Wildman–Crippen MR) is 46.4 cm³/mol. The highest BCUT2D eigenvalue weighted by Gasteiger charge is 2.27. The van der Waals surface area contributed by atoms with Crippen molar-refractivity contribution in [1.29, 1.82) is 0 Å². The standard InChI is InChI=1S/C6H9F3N4S/c7-6(8,9)14-2-1-13-5(3-10)11-4-12-13/h4H,1-3,10H2. The van der Waals surface area contributed by atoms with Gasteiger partial charge in [0.1, 0.15) is 12.2 Å². The van der Waals surface area contributed by atoms with E-state index >= 15 is 0 Å². The molecule has 1 aromatic rings. The molecule has 0 aromatic carbocycles. The zero-order valence-electron chi connectivity index (χ0n) is 7.16. The van der Waals surface area contributed by atoms with Gasteiger partial charge in [0.15, 0.2) is 0 Å². The Balaban J connectivity index is 2.38. The summed E-state index contributed by atoms with van der Waals surface area (Å²) in [5.41, 5.74) is 1.11. The zero-order valence-corrected chi connectivity index (χ0v) is 7.98. The highest BCUT2D eigenvalue weighted by atomic mass is 32.2. The number of nitrogens with two attached hydrogens (primary N) is 1. The average molecular weight is 226 g/mol. The van der Waals surface area contributed by atoms with Gasteiger partial charge < -0.3 is 5.73 Å². The first kappa shape index (κ1) is 11.3. The van der Waals surface area contributed by atoms with Crippen molar-refractivity contribution in [3.63, 3.8) is 0 Å². The van der Waals surface area contributed by atoms with Gasteiger partial charge in [-0.1, -0.05) is 0 Å². The van der Waals surface area contributed by atoms with E-state index in [0.717, 1.165) is 0 Å². The molecule has 0 aliphatic heterocycles. The molecule has 0 amide bonds. The van der Waals surface area contributed by atoms with Crippen LogP contribution in [0.15, 0.2) is 6.33 Å². The predicted octanol–water partition coefficient (Wildman–Crippen LogP) is 0.990. The molecule has 0 saturated carbocycles. The summed E-state index contributed by atoms with van der Waals surface area (Å²) in [5, 5.41) is 3.75. The SMILES string of the molecule is NCc1ncnn1CCSC(F)(F)F. The number of hydrogen-bond acceptors (Lipinski definition) is 4. The Morgan fingerprint density at radius 1 is 1.50 bits per heavy atom. The van der Waals surface area contributed by atoms with Crippen molar-refractivity contribution in [3.8, 4) is 0 Å². The third kappa shape index (κ3) is 3.54. The minimum atomic E-state index is -4.19. The van der Waals surface area contributed by atoms with Gasteiger partial charge in [-0.15, -0.1) is 0 Å².